The number of nitrogens with one attached hydrogen (secondary N) is 1. The van der Waals surface area contributed by atoms with E-state index >= 15 is 0 Å². The molecule has 172 valence electrons. The minimum absolute atomic E-state index is 0.172. The molecule has 0 aromatic rings. The largest absolute Gasteiger partial charge is 0.481 e. The van der Waals surface area contributed by atoms with Gasteiger partial charge in [-0.1, -0.05) is 110 Å². The first-order valence-electron chi connectivity index (χ1n) is 12.6. The van der Waals surface area contributed by atoms with Crippen LogP contribution in [0, 0.1) is 0 Å². The molecule has 29 heavy (non-hydrogen) atoms. The van der Waals surface area contributed by atoms with Gasteiger partial charge < -0.3 is 10.4 Å². The molecule has 0 heterocycles. The average Bonchev–Trinajstić information content (AvgIpc) is 2.70. The lowest BCUT2D eigenvalue weighted by Crippen LogP contribution is -2.23. The van der Waals surface area contributed by atoms with Gasteiger partial charge in [-0.15, -0.1) is 0 Å². The van der Waals surface area contributed by atoms with Crippen molar-refractivity contribution in [1.29, 1.82) is 0 Å². The van der Waals surface area contributed by atoms with Crippen LogP contribution in [-0.4, -0.2) is 23.5 Å². The number of carbonyl (C=O) groups is 2. The molecule has 0 saturated heterocycles. The maximum Gasteiger partial charge on any atom is 0.303 e. The normalized spacial score (nSPS) is 10.9. The van der Waals surface area contributed by atoms with Crippen LogP contribution in [0.1, 0.15) is 142 Å². The van der Waals surface area contributed by atoms with Gasteiger partial charge in [0.1, 0.15) is 0 Å². The summed E-state index contributed by atoms with van der Waals surface area (Å²) in [6.45, 7) is 3.00. The zero-order valence-corrected chi connectivity index (χ0v) is 19.3. The van der Waals surface area contributed by atoms with Gasteiger partial charge in [0.25, 0.3) is 0 Å². The van der Waals surface area contributed by atoms with E-state index in [1.165, 1.54) is 89.9 Å². The molecule has 0 unspecified atom stereocenters. The molecule has 4 nitrogen and oxygen atoms in total. The number of carboxylic acids is 1. The summed E-state index contributed by atoms with van der Waals surface area (Å²) < 4.78 is 0. The SMILES string of the molecule is CCCCCCCCCCCCCCCCCC(=O)NCCCCCCC(=O)O. The lowest BCUT2D eigenvalue weighted by molar-refractivity contribution is -0.137. The first-order valence-corrected chi connectivity index (χ1v) is 12.6. The Balaban J connectivity index is 3.15. The smallest absolute Gasteiger partial charge is 0.303 e. The van der Waals surface area contributed by atoms with E-state index in [2.05, 4.69) is 12.2 Å². The van der Waals surface area contributed by atoms with Gasteiger partial charge in [-0.05, 0) is 19.3 Å². The van der Waals surface area contributed by atoms with Gasteiger partial charge >= 0.3 is 5.97 Å². The van der Waals surface area contributed by atoms with Gasteiger partial charge in [0, 0.05) is 19.4 Å². The Morgan fingerprint density at radius 3 is 1.38 bits per heavy atom. The molecular weight excluding hydrogens is 362 g/mol. The van der Waals surface area contributed by atoms with Crippen molar-refractivity contribution in [3.8, 4) is 0 Å². The highest BCUT2D eigenvalue weighted by atomic mass is 16.4. The summed E-state index contributed by atoms with van der Waals surface area (Å²) in [5.41, 5.74) is 0. The maximum atomic E-state index is 11.8. The summed E-state index contributed by atoms with van der Waals surface area (Å²) in [6, 6.07) is 0. The number of hydrogen-bond donors (Lipinski definition) is 2. The molecule has 0 aromatic carbocycles. The molecule has 0 fully saturated rings. The lowest BCUT2D eigenvalue weighted by atomic mass is 10.0. The Morgan fingerprint density at radius 1 is 0.552 bits per heavy atom. The molecule has 0 bridgehead atoms. The van der Waals surface area contributed by atoms with Crippen LogP contribution < -0.4 is 5.32 Å². The second kappa shape index (κ2) is 23.2. The van der Waals surface area contributed by atoms with Crippen molar-refractivity contribution in [2.75, 3.05) is 6.54 Å². The van der Waals surface area contributed by atoms with Crippen molar-refractivity contribution in [3.05, 3.63) is 0 Å². The fraction of sp³-hybridized carbons (Fsp3) is 0.920. The van der Waals surface area contributed by atoms with Gasteiger partial charge in [-0.2, -0.15) is 0 Å². The Labute approximate surface area is 180 Å². The monoisotopic (exact) mass is 411 g/mol. The molecule has 0 spiro atoms. The number of aliphatic carboxylic acids is 1. The molecular formula is C25H49NO3. The summed E-state index contributed by atoms with van der Waals surface area (Å²) in [4.78, 5) is 22.2. The van der Waals surface area contributed by atoms with E-state index in [9.17, 15) is 9.59 Å². The van der Waals surface area contributed by atoms with Crippen molar-refractivity contribution < 1.29 is 14.7 Å². The molecule has 0 radical (unpaired) electrons. The molecule has 0 aromatic heterocycles. The summed E-state index contributed by atoms with van der Waals surface area (Å²) in [5.74, 6) is -0.549. The summed E-state index contributed by atoms with van der Waals surface area (Å²) in [5, 5.41) is 11.5. The molecule has 0 atom stereocenters. The number of unbranched alkanes of at least 4 members (excludes halogenated alkanes) is 17. The Morgan fingerprint density at radius 2 is 0.931 bits per heavy atom. The standard InChI is InChI=1S/C25H49NO3/c1-2-3-4-5-6-7-8-9-10-11-12-13-14-15-18-21-24(27)26-23-20-17-16-19-22-25(28)29/h2-23H2,1H3,(H,26,27)(H,28,29). The van der Waals surface area contributed by atoms with Gasteiger partial charge in [0.05, 0.1) is 0 Å². The van der Waals surface area contributed by atoms with Crippen LogP contribution in [0.4, 0.5) is 0 Å². The number of rotatable bonds is 23. The second-order valence-corrected chi connectivity index (χ2v) is 8.61. The van der Waals surface area contributed by atoms with Crippen LogP contribution in [0.3, 0.4) is 0 Å². The molecule has 0 saturated carbocycles. The minimum atomic E-state index is -0.721. The molecule has 1 amide bonds. The third kappa shape index (κ3) is 24.9. The van der Waals surface area contributed by atoms with E-state index in [0.29, 0.717) is 6.42 Å². The topological polar surface area (TPSA) is 66.4 Å². The summed E-state index contributed by atoms with van der Waals surface area (Å²) in [7, 11) is 0. The van der Waals surface area contributed by atoms with Gasteiger partial charge in [-0.3, -0.25) is 9.59 Å². The van der Waals surface area contributed by atoms with Crippen molar-refractivity contribution in [3.63, 3.8) is 0 Å². The van der Waals surface area contributed by atoms with E-state index in [0.717, 1.165) is 38.6 Å². The van der Waals surface area contributed by atoms with E-state index in [-0.39, 0.29) is 12.3 Å². The Hall–Kier alpha value is -1.06. The van der Waals surface area contributed by atoms with Gasteiger partial charge in [0.15, 0.2) is 0 Å². The number of carboxylic acid groups (broad SMARTS) is 1. The zero-order valence-electron chi connectivity index (χ0n) is 19.3. The van der Waals surface area contributed by atoms with Crippen LogP contribution in [0.15, 0.2) is 0 Å². The summed E-state index contributed by atoms with van der Waals surface area (Å²) in [6.07, 6.45) is 24.7. The third-order valence-corrected chi connectivity index (χ3v) is 5.65. The summed E-state index contributed by atoms with van der Waals surface area (Å²) >= 11 is 0. The molecule has 0 rings (SSSR count). The van der Waals surface area contributed by atoms with Crippen molar-refractivity contribution >= 4 is 11.9 Å². The van der Waals surface area contributed by atoms with E-state index in [1.807, 2.05) is 0 Å². The van der Waals surface area contributed by atoms with Crippen LogP contribution in [-0.2, 0) is 9.59 Å². The first-order chi connectivity index (χ1) is 14.2. The van der Waals surface area contributed by atoms with Crippen molar-refractivity contribution in [2.24, 2.45) is 0 Å². The van der Waals surface area contributed by atoms with Crippen molar-refractivity contribution in [2.45, 2.75) is 142 Å². The van der Waals surface area contributed by atoms with E-state index in [4.69, 9.17) is 5.11 Å². The highest BCUT2D eigenvalue weighted by Gasteiger charge is 2.01. The number of hydrogen-bond acceptors (Lipinski definition) is 2. The van der Waals surface area contributed by atoms with E-state index < -0.39 is 5.97 Å². The molecule has 0 aliphatic carbocycles. The lowest BCUT2D eigenvalue weighted by Gasteiger charge is -2.05. The number of carbonyl (C=O) groups excluding carboxylic acids is 1. The van der Waals surface area contributed by atoms with Gasteiger partial charge in [-0.25, -0.2) is 0 Å². The molecule has 0 aliphatic rings. The Bertz CT molecular complexity index is 371. The van der Waals surface area contributed by atoms with Crippen molar-refractivity contribution in [1.82, 2.24) is 5.32 Å². The quantitative estimate of drug-likeness (QED) is 0.172. The molecule has 4 heteroatoms. The predicted octanol–water partition coefficient (Wildman–Crippen LogP) is 7.40. The fourth-order valence-corrected chi connectivity index (χ4v) is 3.73. The predicted molar refractivity (Wildman–Crippen MR) is 123 cm³/mol. The first kappa shape index (κ1) is 27.9. The zero-order chi connectivity index (χ0) is 21.4. The third-order valence-electron chi connectivity index (χ3n) is 5.65. The van der Waals surface area contributed by atoms with E-state index in [1.54, 1.807) is 0 Å². The van der Waals surface area contributed by atoms with Crippen LogP contribution in [0.2, 0.25) is 0 Å². The van der Waals surface area contributed by atoms with Gasteiger partial charge in [0.2, 0.25) is 5.91 Å². The number of amides is 1. The highest BCUT2D eigenvalue weighted by Crippen LogP contribution is 2.13. The van der Waals surface area contributed by atoms with Crippen LogP contribution >= 0.6 is 0 Å². The average molecular weight is 412 g/mol. The fourth-order valence-electron chi connectivity index (χ4n) is 3.73. The van der Waals surface area contributed by atoms with Crippen LogP contribution in [0.5, 0.6) is 0 Å². The van der Waals surface area contributed by atoms with Crippen LogP contribution in [0.25, 0.3) is 0 Å². The minimum Gasteiger partial charge on any atom is -0.481 e. The Kier molecular flexibility index (Phi) is 22.4. The second-order valence-electron chi connectivity index (χ2n) is 8.61. The maximum absolute atomic E-state index is 11.8. The molecule has 2 N–H and O–H groups in total. The highest BCUT2D eigenvalue weighted by molar-refractivity contribution is 5.75. The molecule has 0 aliphatic heterocycles.